The molecule has 3 aliphatic heterocycles. The molecule has 0 radical (unpaired) electrons. The molecule has 0 N–H and O–H groups in total. The molecule has 100 valence electrons. The Morgan fingerprint density at radius 1 is 1.17 bits per heavy atom. The summed E-state index contributed by atoms with van der Waals surface area (Å²) in [5.41, 5.74) is 2.66. The van der Waals surface area contributed by atoms with Gasteiger partial charge in [0.05, 0.1) is 11.3 Å². The largest absolute Gasteiger partial charge is 0.371 e. The van der Waals surface area contributed by atoms with Gasteiger partial charge >= 0.3 is 0 Å². The third kappa shape index (κ3) is 1.64. The summed E-state index contributed by atoms with van der Waals surface area (Å²) in [6.07, 6.45) is 6.81. The molecule has 0 aliphatic carbocycles. The summed E-state index contributed by atoms with van der Waals surface area (Å²) in [4.78, 5) is 4.75. The quantitative estimate of drug-likeness (QED) is 0.652. The molecule has 0 aromatic heterocycles. The van der Waals surface area contributed by atoms with E-state index in [1.165, 1.54) is 11.3 Å². The molecule has 18 heavy (non-hydrogen) atoms. The van der Waals surface area contributed by atoms with Crippen LogP contribution in [0.2, 0.25) is 0 Å². The van der Waals surface area contributed by atoms with Gasteiger partial charge in [-0.1, -0.05) is 12.2 Å². The van der Waals surface area contributed by atoms with Gasteiger partial charge in [-0.25, -0.2) is 0 Å². The van der Waals surface area contributed by atoms with E-state index in [0.717, 1.165) is 32.5 Å². The maximum Gasteiger partial charge on any atom is 0.104 e. The van der Waals surface area contributed by atoms with Crippen LogP contribution in [0.1, 0.15) is 26.7 Å². The molecule has 0 bridgehead atoms. The molecule has 1 saturated heterocycles. The first-order valence-electron chi connectivity index (χ1n) is 6.96. The lowest BCUT2D eigenvalue weighted by Gasteiger charge is -2.40. The van der Waals surface area contributed by atoms with Crippen molar-refractivity contribution in [3.05, 3.63) is 23.4 Å². The Morgan fingerprint density at radius 2 is 1.83 bits per heavy atom. The summed E-state index contributed by atoms with van der Waals surface area (Å²) in [6.45, 7) is 7.69. The van der Waals surface area contributed by atoms with Crippen molar-refractivity contribution < 1.29 is 4.74 Å². The number of rotatable bonds is 0. The second-order valence-electron chi connectivity index (χ2n) is 6.46. The van der Waals surface area contributed by atoms with Gasteiger partial charge in [-0.05, 0) is 33.7 Å². The summed E-state index contributed by atoms with van der Waals surface area (Å²) in [5, 5.41) is 0. The predicted octanol–water partition coefficient (Wildman–Crippen LogP) is 2.02. The predicted molar refractivity (Wildman–Crippen MR) is 73.4 cm³/mol. The molecule has 0 atom stereocenters. The first-order chi connectivity index (χ1) is 8.45. The number of fused-ring (bicyclic) bond motifs is 1. The van der Waals surface area contributed by atoms with Crippen LogP contribution in [0.5, 0.6) is 0 Å². The van der Waals surface area contributed by atoms with E-state index in [0.29, 0.717) is 0 Å². The molecule has 1 fully saturated rings. The van der Waals surface area contributed by atoms with Crippen LogP contribution < -0.4 is 0 Å². The number of hydrogen-bond donors (Lipinski definition) is 0. The summed E-state index contributed by atoms with van der Waals surface area (Å²) >= 11 is 0. The van der Waals surface area contributed by atoms with Gasteiger partial charge in [0.15, 0.2) is 0 Å². The zero-order valence-corrected chi connectivity index (χ0v) is 12.0. The van der Waals surface area contributed by atoms with E-state index >= 15 is 0 Å². The Balaban J connectivity index is 2.02. The van der Waals surface area contributed by atoms with Crippen molar-refractivity contribution in [3.63, 3.8) is 0 Å². The van der Waals surface area contributed by atoms with Gasteiger partial charge in [0, 0.05) is 32.3 Å². The monoisotopic (exact) mass is 248 g/mol. The Bertz CT molecular complexity index is 414. The Kier molecular flexibility index (Phi) is 2.62. The maximum absolute atomic E-state index is 6.55. The SMILES string of the molecule is CN1CCC2(CC1)OC(C)(C)C1=C2C=CCN1C. The van der Waals surface area contributed by atoms with Crippen LogP contribution in [-0.2, 0) is 4.74 Å². The molecule has 0 aromatic rings. The number of hydrogen-bond acceptors (Lipinski definition) is 3. The molecule has 0 amide bonds. The first kappa shape index (κ1) is 12.2. The molecular weight excluding hydrogens is 224 g/mol. The summed E-state index contributed by atoms with van der Waals surface area (Å²) in [7, 11) is 4.38. The van der Waals surface area contributed by atoms with Crippen molar-refractivity contribution in [1.82, 2.24) is 9.80 Å². The fourth-order valence-corrected chi connectivity index (χ4v) is 3.80. The van der Waals surface area contributed by atoms with E-state index in [1.807, 2.05) is 0 Å². The molecule has 3 rings (SSSR count). The molecule has 3 heterocycles. The molecule has 0 saturated carbocycles. The molecule has 0 aromatic carbocycles. The van der Waals surface area contributed by atoms with E-state index in [1.54, 1.807) is 0 Å². The van der Waals surface area contributed by atoms with Crippen molar-refractivity contribution in [2.75, 3.05) is 33.7 Å². The summed E-state index contributed by atoms with van der Waals surface area (Å²) < 4.78 is 6.55. The van der Waals surface area contributed by atoms with Crippen LogP contribution in [0.25, 0.3) is 0 Å². The molecule has 3 heteroatoms. The summed E-state index contributed by atoms with van der Waals surface area (Å²) in [5.74, 6) is 0. The highest BCUT2D eigenvalue weighted by atomic mass is 16.5. The molecule has 0 unspecified atom stereocenters. The normalized spacial score (nSPS) is 30.1. The van der Waals surface area contributed by atoms with Crippen LogP contribution >= 0.6 is 0 Å². The second-order valence-corrected chi connectivity index (χ2v) is 6.46. The van der Waals surface area contributed by atoms with Gasteiger partial charge in [-0.3, -0.25) is 0 Å². The van der Waals surface area contributed by atoms with Crippen LogP contribution in [0, 0.1) is 0 Å². The minimum Gasteiger partial charge on any atom is -0.371 e. The van der Waals surface area contributed by atoms with E-state index in [4.69, 9.17) is 4.74 Å². The van der Waals surface area contributed by atoms with Gasteiger partial charge < -0.3 is 14.5 Å². The number of likely N-dealkylation sites (tertiary alicyclic amines) is 1. The van der Waals surface area contributed by atoms with Gasteiger partial charge in [-0.15, -0.1) is 0 Å². The highest BCUT2D eigenvalue weighted by molar-refractivity contribution is 5.45. The van der Waals surface area contributed by atoms with Gasteiger partial charge in [-0.2, -0.15) is 0 Å². The molecule has 1 spiro atoms. The molecular formula is C15H24N2O. The summed E-state index contributed by atoms with van der Waals surface area (Å²) in [6, 6.07) is 0. The van der Waals surface area contributed by atoms with Gasteiger partial charge in [0.2, 0.25) is 0 Å². The Morgan fingerprint density at radius 3 is 2.50 bits per heavy atom. The zero-order chi connectivity index (χ0) is 13.0. The average molecular weight is 248 g/mol. The van der Waals surface area contributed by atoms with Crippen molar-refractivity contribution in [2.45, 2.75) is 37.9 Å². The highest BCUT2D eigenvalue weighted by Crippen LogP contribution is 2.49. The van der Waals surface area contributed by atoms with Crippen molar-refractivity contribution >= 4 is 0 Å². The fraction of sp³-hybridized carbons (Fsp3) is 0.733. The lowest BCUT2D eigenvalue weighted by Crippen LogP contribution is -2.45. The number of nitrogens with zero attached hydrogens (tertiary/aromatic N) is 2. The lowest BCUT2D eigenvalue weighted by molar-refractivity contribution is -0.105. The number of ether oxygens (including phenoxy) is 1. The van der Waals surface area contributed by atoms with E-state index < -0.39 is 0 Å². The second kappa shape index (κ2) is 3.84. The van der Waals surface area contributed by atoms with Crippen LogP contribution in [0.15, 0.2) is 23.4 Å². The number of likely N-dealkylation sites (N-methyl/N-ethyl adjacent to an activating group) is 1. The van der Waals surface area contributed by atoms with Crippen molar-refractivity contribution in [2.24, 2.45) is 0 Å². The van der Waals surface area contributed by atoms with E-state index in [9.17, 15) is 0 Å². The van der Waals surface area contributed by atoms with E-state index in [2.05, 4.69) is 49.9 Å². The lowest BCUT2D eigenvalue weighted by atomic mass is 9.82. The average Bonchev–Trinajstić information content (AvgIpc) is 2.53. The van der Waals surface area contributed by atoms with Crippen LogP contribution in [-0.4, -0.2) is 54.7 Å². The maximum atomic E-state index is 6.55. The number of piperidine rings is 1. The zero-order valence-electron chi connectivity index (χ0n) is 12.0. The van der Waals surface area contributed by atoms with Crippen LogP contribution in [0.4, 0.5) is 0 Å². The topological polar surface area (TPSA) is 15.7 Å². The third-order valence-corrected chi connectivity index (χ3v) is 4.61. The minimum atomic E-state index is -0.148. The standard InChI is InChI=1S/C15H24N2O/c1-14(2)13-12(6-5-9-17(13)4)15(18-14)7-10-16(3)11-8-15/h5-6H,7-11H2,1-4H3. The molecule has 3 aliphatic rings. The smallest absolute Gasteiger partial charge is 0.104 e. The Labute approximate surface area is 110 Å². The highest BCUT2D eigenvalue weighted by Gasteiger charge is 2.52. The minimum absolute atomic E-state index is 0.0312. The van der Waals surface area contributed by atoms with Crippen LogP contribution in [0.3, 0.4) is 0 Å². The van der Waals surface area contributed by atoms with Gasteiger partial charge in [0.1, 0.15) is 5.60 Å². The van der Waals surface area contributed by atoms with Gasteiger partial charge in [0.25, 0.3) is 0 Å². The first-order valence-corrected chi connectivity index (χ1v) is 6.96. The van der Waals surface area contributed by atoms with E-state index in [-0.39, 0.29) is 11.2 Å². The third-order valence-electron chi connectivity index (χ3n) is 4.61. The van der Waals surface area contributed by atoms with Crippen molar-refractivity contribution in [1.29, 1.82) is 0 Å². The fourth-order valence-electron chi connectivity index (χ4n) is 3.80. The Hall–Kier alpha value is -0.800. The molecule has 3 nitrogen and oxygen atoms in total. The van der Waals surface area contributed by atoms with Crippen molar-refractivity contribution in [3.8, 4) is 0 Å².